The van der Waals surface area contributed by atoms with E-state index >= 15 is 0 Å². The van der Waals surface area contributed by atoms with Gasteiger partial charge in [-0.25, -0.2) is 4.39 Å². The van der Waals surface area contributed by atoms with Crippen LogP contribution in [0.15, 0.2) is 18.3 Å². The van der Waals surface area contributed by atoms with Crippen LogP contribution in [0.1, 0.15) is 52.8 Å². The summed E-state index contributed by atoms with van der Waals surface area (Å²) in [6.45, 7) is 11.4. The van der Waals surface area contributed by atoms with Gasteiger partial charge in [0.2, 0.25) is 0 Å². The van der Waals surface area contributed by atoms with Crippen molar-refractivity contribution in [2.75, 3.05) is 6.54 Å². The highest BCUT2D eigenvalue weighted by molar-refractivity contribution is 5.14. The quantitative estimate of drug-likeness (QED) is 0.917. The summed E-state index contributed by atoms with van der Waals surface area (Å²) in [4.78, 5) is 4.26. The third-order valence-electron chi connectivity index (χ3n) is 4.04. The van der Waals surface area contributed by atoms with Gasteiger partial charge in [0, 0.05) is 5.92 Å². The molecular formula is C16H25FN2O. The Morgan fingerprint density at radius 3 is 2.55 bits per heavy atom. The van der Waals surface area contributed by atoms with Gasteiger partial charge in [-0.1, -0.05) is 6.92 Å². The van der Waals surface area contributed by atoms with Gasteiger partial charge in [0.15, 0.2) is 0 Å². The van der Waals surface area contributed by atoms with Crippen LogP contribution in [0.5, 0.6) is 0 Å². The third-order valence-corrected chi connectivity index (χ3v) is 4.04. The molecule has 0 spiro atoms. The number of pyridine rings is 1. The van der Waals surface area contributed by atoms with Gasteiger partial charge in [0.25, 0.3) is 0 Å². The van der Waals surface area contributed by atoms with Gasteiger partial charge in [0.05, 0.1) is 29.1 Å². The molecule has 1 aromatic rings. The Morgan fingerprint density at radius 1 is 1.40 bits per heavy atom. The molecule has 1 fully saturated rings. The van der Waals surface area contributed by atoms with E-state index in [1.807, 2.05) is 0 Å². The Morgan fingerprint density at radius 2 is 2.10 bits per heavy atom. The van der Waals surface area contributed by atoms with Gasteiger partial charge >= 0.3 is 0 Å². The highest BCUT2D eigenvalue weighted by atomic mass is 19.1. The van der Waals surface area contributed by atoms with E-state index < -0.39 is 0 Å². The lowest BCUT2D eigenvalue weighted by Gasteiger charge is -2.33. The molecule has 2 atom stereocenters. The first-order valence-corrected chi connectivity index (χ1v) is 7.30. The molecule has 2 unspecified atom stereocenters. The molecule has 1 N–H and O–H groups in total. The van der Waals surface area contributed by atoms with Gasteiger partial charge in [0.1, 0.15) is 5.82 Å². The third kappa shape index (κ3) is 3.18. The zero-order valence-electron chi connectivity index (χ0n) is 13.0. The molecule has 1 aromatic heterocycles. The predicted octanol–water partition coefficient (Wildman–Crippen LogP) is 3.47. The second-order valence-corrected chi connectivity index (χ2v) is 6.71. The topological polar surface area (TPSA) is 34.2 Å². The molecule has 0 aliphatic carbocycles. The lowest BCUT2D eigenvalue weighted by Crippen LogP contribution is -2.38. The van der Waals surface area contributed by atoms with E-state index in [0.29, 0.717) is 5.92 Å². The molecule has 4 heteroatoms. The first kappa shape index (κ1) is 15.4. The summed E-state index contributed by atoms with van der Waals surface area (Å²) in [5.74, 6) is 0.00155. The number of hydrogen-bond acceptors (Lipinski definition) is 3. The Kier molecular flexibility index (Phi) is 4.17. The molecule has 1 aliphatic rings. The molecule has 20 heavy (non-hydrogen) atoms. The van der Waals surface area contributed by atoms with Crippen LogP contribution in [0.25, 0.3) is 0 Å². The molecule has 2 heterocycles. The van der Waals surface area contributed by atoms with Crippen molar-refractivity contribution in [3.05, 3.63) is 29.8 Å². The van der Waals surface area contributed by atoms with Crippen LogP contribution >= 0.6 is 0 Å². The zero-order valence-corrected chi connectivity index (χ0v) is 13.0. The number of halogens is 1. The van der Waals surface area contributed by atoms with Crippen molar-refractivity contribution in [3.63, 3.8) is 0 Å². The fourth-order valence-electron chi connectivity index (χ4n) is 3.37. The molecule has 0 bridgehead atoms. The first-order valence-electron chi connectivity index (χ1n) is 7.30. The van der Waals surface area contributed by atoms with Crippen LogP contribution in [0, 0.1) is 11.7 Å². The number of nitrogens with one attached hydrogen (secondary N) is 1. The summed E-state index contributed by atoms with van der Waals surface area (Å²) < 4.78 is 19.3. The maximum atomic E-state index is 13.1. The smallest absolute Gasteiger partial charge is 0.141 e. The Bertz CT molecular complexity index is 456. The van der Waals surface area contributed by atoms with Gasteiger partial charge in [-0.05, 0) is 52.8 Å². The van der Waals surface area contributed by atoms with Gasteiger partial charge in [-0.2, -0.15) is 0 Å². The number of nitrogens with zero attached hydrogens (tertiary/aromatic N) is 1. The minimum Gasteiger partial charge on any atom is -0.369 e. The van der Waals surface area contributed by atoms with Crippen LogP contribution in [0.3, 0.4) is 0 Å². The second-order valence-electron chi connectivity index (χ2n) is 6.71. The SMILES string of the molecule is CCNC(c1ccc(F)cn1)C1CC(C)(C)OC1(C)C. The van der Waals surface area contributed by atoms with Gasteiger partial charge in [-0.3, -0.25) is 4.98 Å². The van der Waals surface area contributed by atoms with E-state index in [1.54, 1.807) is 6.07 Å². The van der Waals surface area contributed by atoms with Crippen molar-refractivity contribution in [1.82, 2.24) is 10.3 Å². The van der Waals surface area contributed by atoms with E-state index in [0.717, 1.165) is 18.7 Å². The maximum Gasteiger partial charge on any atom is 0.141 e. The number of aromatic nitrogens is 1. The minimum absolute atomic E-state index is 0.0809. The van der Waals surface area contributed by atoms with Crippen molar-refractivity contribution >= 4 is 0 Å². The Balaban J connectivity index is 2.31. The summed E-state index contributed by atoms with van der Waals surface area (Å²) in [5.41, 5.74) is 0.515. The molecule has 112 valence electrons. The molecule has 1 aliphatic heterocycles. The average molecular weight is 280 g/mol. The highest BCUT2D eigenvalue weighted by Crippen LogP contribution is 2.47. The van der Waals surface area contributed by atoms with Crippen molar-refractivity contribution in [2.24, 2.45) is 5.92 Å². The minimum atomic E-state index is -0.300. The normalized spacial score (nSPS) is 25.6. The summed E-state index contributed by atoms with van der Waals surface area (Å²) in [6.07, 6.45) is 2.24. The molecule has 0 radical (unpaired) electrons. The van der Waals surface area contributed by atoms with Crippen molar-refractivity contribution in [3.8, 4) is 0 Å². The summed E-state index contributed by atoms with van der Waals surface area (Å²) >= 11 is 0. The van der Waals surface area contributed by atoms with E-state index in [4.69, 9.17) is 4.74 Å². The van der Waals surface area contributed by atoms with E-state index in [9.17, 15) is 4.39 Å². The van der Waals surface area contributed by atoms with Gasteiger partial charge < -0.3 is 10.1 Å². The monoisotopic (exact) mass is 280 g/mol. The second kappa shape index (κ2) is 5.41. The van der Waals surface area contributed by atoms with Crippen LogP contribution < -0.4 is 5.32 Å². The summed E-state index contributed by atoms with van der Waals surface area (Å²) in [6, 6.07) is 3.32. The number of ether oxygens (including phenoxy) is 1. The lowest BCUT2D eigenvalue weighted by atomic mass is 9.80. The van der Waals surface area contributed by atoms with E-state index in [1.165, 1.54) is 12.3 Å². The van der Waals surface area contributed by atoms with Crippen molar-refractivity contribution in [1.29, 1.82) is 0 Å². The molecule has 0 aromatic carbocycles. The van der Waals surface area contributed by atoms with Crippen molar-refractivity contribution in [2.45, 2.75) is 58.3 Å². The predicted molar refractivity (Wildman–Crippen MR) is 78.0 cm³/mol. The number of hydrogen-bond donors (Lipinski definition) is 1. The molecule has 1 saturated heterocycles. The fourth-order valence-corrected chi connectivity index (χ4v) is 3.37. The fraction of sp³-hybridized carbons (Fsp3) is 0.688. The highest BCUT2D eigenvalue weighted by Gasteiger charge is 2.49. The maximum absolute atomic E-state index is 13.1. The Hall–Kier alpha value is -1.00. The first-order chi connectivity index (χ1) is 9.25. The number of rotatable bonds is 4. The van der Waals surface area contributed by atoms with Crippen LogP contribution in [-0.4, -0.2) is 22.7 Å². The molecule has 3 nitrogen and oxygen atoms in total. The van der Waals surface area contributed by atoms with E-state index in [-0.39, 0.29) is 23.1 Å². The van der Waals surface area contributed by atoms with E-state index in [2.05, 4.69) is 44.9 Å². The zero-order chi connectivity index (χ0) is 15.0. The van der Waals surface area contributed by atoms with Crippen molar-refractivity contribution < 1.29 is 9.13 Å². The van der Waals surface area contributed by atoms with Crippen LogP contribution in [0.2, 0.25) is 0 Å². The largest absolute Gasteiger partial charge is 0.369 e. The molecular weight excluding hydrogens is 255 g/mol. The van der Waals surface area contributed by atoms with Gasteiger partial charge in [-0.15, -0.1) is 0 Å². The summed E-state index contributed by atoms with van der Waals surface area (Å²) in [5, 5.41) is 3.49. The van der Waals surface area contributed by atoms with Crippen LogP contribution in [0.4, 0.5) is 4.39 Å². The lowest BCUT2D eigenvalue weighted by molar-refractivity contribution is -0.0779. The average Bonchev–Trinajstić information content (AvgIpc) is 2.55. The standard InChI is InChI=1S/C16H25FN2O/c1-6-18-14(13-8-7-11(17)10-19-13)12-9-15(2,3)20-16(12,4)5/h7-8,10,12,14,18H,6,9H2,1-5H3. The molecule has 2 rings (SSSR count). The molecule has 0 saturated carbocycles. The Labute approximate surface area is 120 Å². The summed E-state index contributed by atoms with van der Waals surface area (Å²) in [7, 11) is 0. The van der Waals surface area contributed by atoms with Crippen LogP contribution in [-0.2, 0) is 4.74 Å². The molecule has 0 amide bonds.